The van der Waals surface area contributed by atoms with Crippen molar-refractivity contribution in [1.82, 2.24) is 0 Å². The number of fused-ring (bicyclic) bond motifs is 1. The van der Waals surface area contributed by atoms with Gasteiger partial charge in [0.15, 0.2) is 11.4 Å². The Hall–Kier alpha value is -1.28. The number of ketones is 1. The van der Waals surface area contributed by atoms with E-state index in [0.29, 0.717) is 12.8 Å². The van der Waals surface area contributed by atoms with Crippen molar-refractivity contribution in [3.05, 3.63) is 12.2 Å². The lowest BCUT2D eigenvalue weighted by molar-refractivity contribution is -0.220. The minimum Gasteiger partial charge on any atom is -0.468 e. The fraction of sp³-hybridized carbons (Fsp3) is 0.800. The second kappa shape index (κ2) is 6.95. The molecule has 3 rings (SSSR count). The van der Waals surface area contributed by atoms with Crippen LogP contribution in [-0.4, -0.2) is 58.4 Å². The molecular weight excluding hydrogens is 352 g/mol. The van der Waals surface area contributed by atoms with Gasteiger partial charge in [0.25, 0.3) is 0 Å². The first-order valence-electron chi connectivity index (χ1n) is 9.26. The molecule has 0 aromatic heterocycles. The number of carbonyl (C=O) groups is 2. The van der Waals surface area contributed by atoms with Crippen LogP contribution in [0.1, 0.15) is 33.1 Å². The second-order valence-electron chi connectivity index (χ2n) is 8.56. The molecule has 0 N–H and O–H groups in total. The van der Waals surface area contributed by atoms with Crippen molar-refractivity contribution in [3.8, 4) is 0 Å². The average molecular weight is 382 g/mol. The van der Waals surface area contributed by atoms with Crippen molar-refractivity contribution < 1.29 is 33.3 Å². The van der Waals surface area contributed by atoms with E-state index in [9.17, 15) is 9.59 Å². The molecule has 5 atom stereocenters. The van der Waals surface area contributed by atoms with Gasteiger partial charge in [-0.1, -0.05) is 26.0 Å². The molecule has 0 heterocycles. The predicted molar refractivity (Wildman–Crippen MR) is 95.6 cm³/mol. The molecule has 3 unspecified atom stereocenters. The van der Waals surface area contributed by atoms with Gasteiger partial charge in [-0.25, -0.2) is 0 Å². The molecule has 3 saturated carbocycles. The summed E-state index contributed by atoms with van der Waals surface area (Å²) < 4.78 is 27.2. The van der Waals surface area contributed by atoms with E-state index in [0.717, 1.165) is 12.0 Å². The maximum absolute atomic E-state index is 13.9. The molecule has 0 radical (unpaired) electrons. The van der Waals surface area contributed by atoms with E-state index >= 15 is 0 Å². The number of methoxy groups -OCH3 is 3. The zero-order valence-electron chi connectivity index (χ0n) is 16.8. The molecule has 0 aromatic carbocycles. The molecule has 3 fully saturated rings. The van der Waals surface area contributed by atoms with Crippen LogP contribution in [0.25, 0.3) is 0 Å². The number of rotatable bonds is 7. The van der Waals surface area contributed by atoms with E-state index in [1.807, 2.05) is 0 Å². The van der Waals surface area contributed by atoms with Gasteiger partial charge in [-0.05, 0) is 30.6 Å². The van der Waals surface area contributed by atoms with Crippen molar-refractivity contribution >= 4 is 11.8 Å². The van der Waals surface area contributed by atoms with Gasteiger partial charge in [-0.2, -0.15) is 0 Å². The first kappa shape index (κ1) is 20.5. The largest absolute Gasteiger partial charge is 0.468 e. The predicted octanol–water partition coefficient (Wildman–Crippen LogP) is 2.09. The summed E-state index contributed by atoms with van der Waals surface area (Å²) in [7, 11) is 4.36. The Morgan fingerprint density at radius 3 is 2.44 bits per heavy atom. The van der Waals surface area contributed by atoms with Gasteiger partial charge in [0.1, 0.15) is 19.0 Å². The fourth-order valence-corrected chi connectivity index (χ4v) is 5.83. The zero-order valence-corrected chi connectivity index (χ0v) is 16.8. The summed E-state index contributed by atoms with van der Waals surface area (Å²) in [5.41, 5.74) is -1.95. The van der Waals surface area contributed by atoms with Gasteiger partial charge in [0.2, 0.25) is 0 Å². The fourth-order valence-electron chi connectivity index (χ4n) is 5.83. The van der Waals surface area contributed by atoms with Crippen LogP contribution in [0, 0.1) is 22.7 Å². The van der Waals surface area contributed by atoms with Crippen LogP contribution in [0.3, 0.4) is 0 Å². The topological polar surface area (TPSA) is 80.3 Å². The van der Waals surface area contributed by atoms with Gasteiger partial charge in [0.05, 0.1) is 13.2 Å². The summed E-state index contributed by atoms with van der Waals surface area (Å²) in [6.07, 6.45) is 1.04. The Balaban J connectivity index is 2.18. The monoisotopic (exact) mass is 382 g/mol. The van der Waals surface area contributed by atoms with Gasteiger partial charge < -0.3 is 23.7 Å². The number of Topliss-reactive ketones (excluding diaryl/α,β-unsaturated/α-hetero) is 1. The molecule has 7 nitrogen and oxygen atoms in total. The molecule has 0 saturated heterocycles. The van der Waals surface area contributed by atoms with Crippen molar-refractivity contribution in [2.24, 2.45) is 22.7 Å². The van der Waals surface area contributed by atoms with E-state index in [4.69, 9.17) is 23.7 Å². The summed E-state index contributed by atoms with van der Waals surface area (Å²) in [5.74, 6) is -1.33. The van der Waals surface area contributed by atoms with E-state index in [2.05, 4.69) is 20.4 Å². The number of hydrogen-bond donors (Lipinski definition) is 0. The van der Waals surface area contributed by atoms with Crippen LogP contribution in [0.2, 0.25) is 0 Å². The van der Waals surface area contributed by atoms with E-state index < -0.39 is 23.1 Å². The molecule has 3 aliphatic carbocycles. The molecular formula is C20H30O7. The summed E-state index contributed by atoms with van der Waals surface area (Å²) in [6, 6.07) is 0. The van der Waals surface area contributed by atoms with E-state index in [1.54, 1.807) is 0 Å². The molecule has 7 heteroatoms. The van der Waals surface area contributed by atoms with Crippen LogP contribution in [0.5, 0.6) is 0 Å². The summed E-state index contributed by atoms with van der Waals surface area (Å²) >= 11 is 0. The minimum atomic E-state index is -1.28. The summed E-state index contributed by atoms with van der Waals surface area (Å²) in [6.45, 7) is 8.36. The number of ether oxygens (including phenoxy) is 5. The van der Waals surface area contributed by atoms with Gasteiger partial charge in [-0.15, -0.1) is 0 Å². The third kappa shape index (κ3) is 2.63. The average Bonchev–Trinajstić information content (AvgIpc) is 2.83. The lowest BCUT2D eigenvalue weighted by Crippen LogP contribution is -2.64. The molecule has 3 aliphatic rings. The first-order chi connectivity index (χ1) is 12.7. The van der Waals surface area contributed by atoms with Crippen molar-refractivity contribution in [2.75, 3.05) is 34.9 Å². The Morgan fingerprint density at radius 1 is 1.19 bits per heavy atom. The van der Waals surface area contributed by atoms with Crippen LogP contribution >= 0.6 is 0 Å². The Kier molecular flexibility index (Phi) is 5.27. The molecule has 2 bridgehead atoms. The maximum Gasteiger partial charge on any atom is 0.320 e. The molecule has 27 heavy (non-hydrogen) atoms. The van der Waals surface area contributed by atoms with Gasteiger partial charge in [0, 0.05) is 20.1 Å². The standard InChI is InChI=1S/C20H30O7/c1-12-8-18(2,3)14-9-19(27-11-24-5)15(26-10-23-4)7-13(12)20(14,16(19)21)17(22)25-6/h13-15H,1,7-11H2,2-6H3/t13?,14-,15-,19?,20?/m1/s1. The van der Waals surface area contributed by atoms with Crippen molar-refractivity contribution in [2.45, 2.75) is 44.8 Å². The van der Waals surface area contributed by atoms with E-state index in [-0.39, 0.29) is 36.6 Å². The van der Waals surface area contributed by atoms with Crippen LogP contribution in [0.15, 0.2) is 12.2 Å². The van der Waals surface area contributed by atoms with Crippen LogP contribution < -0.4 is 0 Å². The van der Waals surface area contributed by atoms with E-state index in [1.165, 1.54) is 21.3 Å². The molecule has 0 aromatic rings. The third-order valence-corrected chi connectivity index (χ3v) is 6.80. The number of carbonyl (C=O) groups excluding carboxylic acids is 2. The minimum absolute atomic E-state index is 0.0362. The summed E-state index contributed by atoms with van der Waals surface area (Å²) in [4.78, 5) is 27.0. The maximum atomic E-state index is 13.9. The number of esters is 1. The molecule has 152 valence electrons. The second-order valence-corrected chi connectivity index (χ2v) is 8.56. The van der Waals surface area contributed by atoms with Crippen molar-refractivity contribution in [3.63, 3.8) is 0 Å². The SMILES string of the molecule is C=C1CC(C)(C)[C@H]2CC3(OCOC)C(=O)C2(C(=O)OC)C1C[C@H]3OCOC. The normalized spacial score (nSPS) is 39.5. The van der Waals surface area contributed by atoms with Gasteiger partial charge in [-0.3, -0.25) is 9.59 Å². The van der Waals surface area contributed by atoms with Crippen LogP contribution in [0.4, 0.5) is 0 Å². The van der Waals surface area contributed by atoms with Gasteiger partial charge >= 0.3 is 5.97 Å². The molecule has 0 amide bonds. The first-order valence-corrected chi connectivity index (χ1v) is 9.26. The van der Waals surface area contributed by atoms with Crippen LogP contribution in [-0.2, 0) is 33.3 Å². The summed E-state index contributed by atoms with van der Waals surface area (Å²) in [5, 5.41) is 0. The lowest BCUT2D eigenvalue weighted by Gasteiger charge is -2.53. The smallest absolute Gasteiger partial charge is 0.320 e. The highest BCUT2D eigenvalue weighted by Gasteiger charge is 2.79. The Morgan fingerprint density at radius 2 is 1.85 bits per heavy atom. The Bertz CT molecular complexity index is 642. The third-order valence-electron chi connectivity index (χ3n) is 6.80. The highest BCUT2D eigenvalue weighted by Crippen LogP contribution is 2.69. The highest BCUT2D eigenvalue weighted by molar-refractivity contribution is 6.12. The highest BCUT2D eigenvalue weighted by atomic mass is 16.7. The lowest BCUT2D eigenvalue weighted by atomic mass is 9.49. The number of hydrogen-bond acceptors (Lipinski definition) is 7. The quantitative estimate of drug-likeness (QED) is 0.289. The zero-order chi connectivity index (χ0) is 20.0. The van der Waals surface area contributed by atoms with Crippen molar-refractivity contribution in [1.29, 1.82) is 0 Å². The molecule has 0 aliphatic heterocycles. The molecule has 0 spiro atoms. The number of allylic oxidation sites excluding steroid dienone is 1. The Labute approximate surface area is 160 Å².